The minimum Gasteiger partial charge on any atom is -0.465 e. The van der Waals surface area contributed by atoms with E-state index in [2.05, 4.69) is 9.97 Å². The van der Waals surface area contributed by atoms with E-state index in [0.717, 1.165) is 5.56 Å². The molecule has 2 aromatic rings. The molecule has 0 aliphatic carbocycles. The van der Waals surface area contributed by atoms with Crippen molar-refractivity contribution in [3.05, 3.63) is 53.3 Å². The second-order valence-corrected chi connectivity index (χ2v) is 3.74. The number of nitrogens with zero attached hydrogens (tertiary/aromatic N) is 2. The Morgan fingerprint density at radius 2 is 2.06 bits per heavy atom. The van der Waals surface area contributed by atoms with Crippen molar-refractivity contribution in [3.8, 4) is 0 Å². The predicted octanol–water partition coefficient (Wildman–Crippen LogP) is 1.44. The molecule has 0 amide bonds. The van der Waals surface area contributed by atoms with Gasteiger partial charge in [0, 0.05) is 12.6 Å². The summed E-state index contributed by atoms with van der Waals surface area (Å²) in [6.07, 6.45) is 1.91. The Balaban J connectivity index is 2.36. The summed E-state index contributed by atoms with van der Waals surface area (Å²) in [7, 11) is 1.32. The van der Waals surface area contributed by atoms with E-state index in [1.807, 2.05) is 30.3 Å². The summed E-state index contributed by atoms with van der Waals surface area (Å²) < 4.78 is 4.69. The third-order valence-corrected chi connectivity index (χ3v) is 2.51. The molecule has 5 nitrogen and oxygen atoms in total. The number of carbonyl (C=O) groups excluding carboxylic acids is 1. The maximum absolute atomic E-state index is 11.6. The minimum atomic E-state index is -0.457. The van der Waals surface area contributed by atoms with Crippen LogP contribution in [-0.4, -0.2) is 23.0 Å². The number of ether oxygens (including phenoxy) is 1. The average Bonchev–Trinajstić information content (AvgIpc) is 2.39. The smallest absolute Gasteiger partial charge is 0.341 e. The van der Waals surface area contributed by atoms with Gasteiger partial charge < -0.3 is 10.5 Å². The van der Waals surface area contributed by atoms with Gasteiger partial charge in [-0.15, -0.1) is 0 Å². The first-order chi connectivity index (χ1) is 8.70. The Hall–Kier alpha value is -2.43. The summed E-state index contributed by atoms with van der Waals surface area (Å²) in [4.78, 5) is 19.5. The van der Waals surface area contributed by atoms with Gasteiger partial charge in [-0.2, -0.15) is 0 Å². The zero-order valence-corrected chi connectivity index (χ0v) is 9.96. The number of benzene rings is 1. The predicted molar refractivity (Wildman–Crippen MR) is 67.0 cm³/mol. The number of nitrogen functional groups attached to an aromatic ring is 1. The summed E-state index contributed by atoms with van der Waals surface area (Å²) in [6.45, 7) is 0. The van der Waals surface area contributed by atoms with Gasteiger partial charge in [-0.05, 0) is 5.56 Å². The fourth-order valence-electron chi connectivity index (χ4n) is 1.64. The van der Waals surface area contributed by atoms with Gasteiger partial charge in [-0.3, -0.25) is 0 Å². The van der Waals surface area contributed by atoms with Gasteiger partial charge in [-0.1, -0.05) is 30.3 Å². The number of carbonyl (C=O) groups is 1. The van der Waals surface area contributed by atoms with Crippen LogP contribution < -0.4 is 5.73 Å². The van der Waals surface area contributed by atoms with Crippen molar-refractivity contribution >= 4 is 11.9 Å². The van der Waals surface area contributed by atoms with Crippen molar-refractivity contribution < 1.29 is 9.53 Å². The van der Waals surface area contributed by atoms with Crippen LogP contribution in [0.2, 0.25) is 0 Å². The maximum Gasteiger partial charge on any atom is 0.341 e. The highest BCUT2D eigenvalue weighted by molar-refractivity contribution is 5.90. The molecule has 0 aliphatic rings. The molecule has 5 heteroatoms. The number of aromatic nitrogens is 2. The number of esters is 1. The number of methoxy groups -OCH3 is 1. The zero-order chi connectivity index (χ0) is 13.0. The van der Waals surface area contributed by atoms with Crippen LogP contribution in [0.15, 0.2) is 36.5 Å². The molecule has 18 heavy (non-hydrogen) atoms. The van der Waals surface area contributed by atoms with E-state index in [1.54, 1.807) is 0 Å². The van der Waals surface area contributed by atoms with Crippen LogP contribution in [0.4, 0.5) is 5.95 Å². The Morgan fingerprint density at radius 3 is 2.72 bits per heavy atom. The van der Waals surface area contributed by atoms with Crippen LogP contribution in [0.25, 0.3) is 0 Å². The standard InChI is InChI=1S/C13H13N3O2/c1-18-12(17)10-8-15-13(14)16-11(10)7-9-5-3-2-4-6-9/h2-6,8H,7H2,1H3,(H2,14,15,16). The van der Waals surface area contributed by atoms with Crippen LogP contribution in [0.3, 0.4) is 0 Å². The number of anilines is 1. The monoisotopic (exact) mass is 243 g/mol. The van der Waals surface area contributed by atoms with Crippen molar-refractivity contribution in [2.45, 2.75) is 6.42 Å². The highest BCUT2D eigenvalue weighted by Gasteiger charge is 2.14. The van der Waals surface area contributed by atoms with Gasteiger partial charge in [0.05, 0.1) is 18.4 Å². The van der Waals surface area contributed by atoms with E-state index < -0.39 is 5.97 Å². The molecule has 92 valence electrons. The molecular weight excluding hydrogens is 230 g/mol. The van der Waals surface area contributed by atoms with Crippen LogP contribution in [0.5, 0.6) is 0 Å². The van der Waals surface area contributed by atoms with Crippen molar-refractivity contribution in [2.75, 3.05) is 12.8 Å². The molecule has 0 atom stereocenters. The third kappa shape index (κ3) is 2.63. The first-order valence-corrected chi connectivity index (χ1v) is 5.44. The second kappa shape index (κ2) is 5.27. The topological polar surface area (TPSA) is 78.1 Å². The lowest BCUT2D eigenvalue weighted by molar-refractivity contribution is 0.0598. The van der Waals surface area contributed by atoms with Gasteiger partial charge in [0.25, 0.3) is 0 Å². The molecule has 0 saturated carbocycles. The molecular formula is C13H13N3O2. The fraction of sp³-hybridized carbons (Fsp3) is 0.154. The molecule has 1 aromatic carbocycles. The van der Waals surface area contributed by atoms with E-state index in [9.17, 15) is 4.79 Å². The molecule has 1 heterocycles. The second-order valence-electron chi connectivity index (χ2n) is 3.74. The SMILES string of the molecule is COC(=O)c1cnc(N)nc1Cc1ccccc1. The molecule has 0 fully saturated rings. The van der Waals surface area contributed by atoms with E-state index in [0.29, 0.717) is 17.7 Å². The van der Waals surface area contributed by atoms with Gasteiger partial charge in [-0.25, -0.2) is 14.8 Å². The van der Waals surface area contributed by atoms with Crippen LogP contribution >= 0.6 is 0 Å². The number of hydrogen-bond donors (Lipinski definition) is 1. The lowest BCUT2D eigenvalue weighted by Gasteiger charge is -2.07. The fourth-order valence-corrected chi connectivity index (χ4v) is 1.64. The Morgan fingerprint density at radius 1 is 1.33 bits per heavy atom. The summed E-state index contributed by atoms with van der Waals surface area (Å²) in [5.74, 6) is -0.311. The molecule has 0 spiro atoms. The van der Waals surface area contributed by atoms with E-state index in [-0.39, 0.29) is 5.95 Å². The van der Waals surface area contributed by atoms with Crippen molar-refractivity contribution in [2.24, 2.45) is 0 Å². The molecule has 2 rings (SSSR count). The van der Waals surface area contributed by atoms with E-state index >= 15 is 0 Å². The summed E-state index contributed by atoms with van der Waals surface area (Å²) >= 11 is 0. The lowest BCUT2D eigenvalue weighted by atomic mass is 10.1. The lowest BCUT2D eigenvalue weighted by Crippen LogP contribution is -2.11. The zero-order valence-electron chi connectivity index (χ0n) is 9.96. The summed E-state index contributed by atoms with van der Waals surface area (Å²) in [5.41, 5.74) is 7.50. The van der Waals surface area contributed by atoms with Gasteiger partial charge in [0.1, 0.15) is 0 Å². The van der Waals surface area contributed by atoms with Crippen LogP contribution in [0, 0.1) is 0 Å². The Labute approximate surface area is 105 Å². The van der Waals surface area contributed by atoms with Gasteiger partial charge >= 0.3 is 5.97 Å². The normalized spacial score (nSPS) is 10.1. The van der Waals surface area contributed by atoms with Gasteiger partial charge in [0.2, 0.25) is 5.95 Å². The molecule has 0 aliphatic heterocycles. The van der Waals surface area contributed by atoms with Crippen molar-refractivity contribution in [3.63, 3.8) is 0 Å². The quantitative estimate of drug-likeness (QED) is 0.825. The van der Waals surface area contributed by atoms with Crippen LogP contribution in [-0.2, 0) is 11.2 Å². The van der Waals surface area contributed by atoms with Crippen molar-refractivity contribution in [1.82, 2.24) is 9.97 Å². The van der Waals surface area contributed by atoms with Crippen LogP contribution in [0.1, 0.15) is 21.6 Å². The molecule has 2 N–H and O–H groups in total. The first-order valence-electron chi connectivity index (χ1n) is 5.44. The first kappa shape index (κ1) is 12.0. The highest BCUT2D eigenvalue weighted by atomic mass is 16.5. The Bertz CT molecular complexity index is 555. The number of nitrogens with two attached hydrogens (primary N) is 1. The average molecular weight is 243 g/mol. The van der Waals surface area contributed by atoms with E-state index in [1.165, 1.54) is 13.3 Å². The Kier molecular flexibility index (Phi) is 3.52. The molecule has 0 bridgehead atoms. The molecule has 0 unspecified atom stereocenters. The van der Waals surface area contributed by atoms with Gasteiger partial charge in [0.15, 0.2) is 0 Å². The highest BCUT2D eigenvalue weighted by Crippen LogP contribution is 2.13. The largest absolute Gasteiger partial charge is 0.465 e. The summed E-state index contributed by atoms with van der Waals surface area (Å²) in [5, 5.41) is 0. The maximum atomic E-state index is 11.6. The van der Waals surface area contributed by atoms with E-state index in [4.69, 9.17) is 10.5 Å². The third-order valence-electron chi connectivity index (χ3n) is 2.51. The summed E-state index contributed by atoms with van der Waals surface area (Å²) in [6, 6.07) is 9.70. The molecule has 0 radical (unpaired) electrons. The molecule has 1 aromatic heterocycles. The number of rotatable bonds is 3. The minimum absolute atomic E-state index is 0.147. The number of hydrogen-bond acceptors (Lipinski definition) is 5. The van der Waals surface area contributed by atoms with Crippen molar-refractivity contribution in [1.29, 1.82) is 0 Å². The molecule has 0 saturated heterocycles.